The SMILES string of the molecule is COc1cc(Nc2nnn3c2CCCC3c2cccc(C(F)(F)F)c2)ccc1-n1cnc(C)c1. The second-order valence-electron chi connectivity index (χ2n) is 8.29. The van der Waals surface area contributed by atoms with E-state index in [1.165, 1.54) is 12.1 Å². The van der Waals surface area contributed by atoms with Crippen LogP contribution in [-0.2, 0) is 12.6 Å². The van der Waals surface area contributed by atoms with Gasteiger partial charge >= 0.3 is 6.18 Å². The summed E-state index contributed by atoms with van der Waals surface area (Å²) in [7, 11) is 1.60. The maximum Gasteiger partial charge on any atom is 0.416 e. The monoisotopic (exact) mass is 468 g/mol. The first kappa shape index (κ1) is 22.0. The fourth-order valence-corrected chi connectivity index (χ4v) is 4.37. The first-order valence-corrected chi connectivity index (χ1v) is 10.9. The van der Waals surface area contributed by atoms with Crippen LogP contribution in [0.3, 0.4) is 0 Å². The van der Waals surface area contributed by atoms with Gasteiger partial charge in [-0.05, 0) is 56.0 Å². The van der Waals surface area contributed by atoms with Crippen LogP contribution in [0.15, 0.2) is 55.0 Å². The van der Waals surface area contributed by atoms with Gasteiger partial charge in [0.1, 0.15) is 5.75 Å². The van der Waals surface area contributed by atoms with E-state index in [2.05, 4.69) is 20.6 Å². The molecule has 0 radical (unpaired) electrons. The fourth-order valence-electron chi connectivity index (χ4n) is 4.37. The molecular formula is C24H23F3N6O. The van der Waals surface area contributed by atoms with Crippen LogP contribution in [0.4, 0.5) is 24.7 Å². The summed E-state index contributed by atoms with van der Waals surface area (Å²) in [6, 6.07) is 10.8. The Morgan fingerprint density at radius 3 is 2.74 bits per heavy atom. The molecule has 2 aromatic carbocycles. The van der Waals surface area contributed by atoms with Crippen molar-refractivity contribution in [1.29, 1.82) is 0 Å². The zero-order valence-electron chi connectivity index (χ0n) is 18.7. The molecule has 10 heteroatoms. The molecule has 1 N–H and O–H groups in total. The van der Waals surface area contributed by atoms with Gasteiger partial charge in [0.05, 0.1) is 42.1 Å². The maximum atomic E-state index is 13.2. The molecule has 7 nitrogen and oxygen atoms in total. The van der Waals surface area contributed by atoms with E-state index in [-0.39, 0.29) is 6.04 Å². The van der Waals surface area contributed by atoms with Gasteiger partial charge in [0, 0.05) is 18.0 Å². The summed E-state index contributed by atoms with van der Waals surface area (Å²) < 4.78 is 48.8. The smallest absolute Gasteiger partial charge is 0.416 e. The van der Waals surface area contributed by atoms with Crippen molar-refractivity contribution in [3.05, 3.63) is 77.5 Å². The average molecular weight is 468 g/mol. The molecule has 0 amide bonds. The van der Waals surface area contributed by atoms with E-state index in [1.54, 1.807) is 24.2 Å². The molecule has 0 bridgehead atoms. The number of aryl methyl sites for hydroxylation is 1. The third-order valence-electron chi connectivity index (χ3n) is 6.01. The van der Waals surface area contributed by atoms with Crippen LogP contribution < -0.4 is 10.1 Å². The van der Waals surface area contributed by atoms with Gasteiger partial charge in [-0.2, -0.15) is 13.2 Å². The number of alkyl halides is 3. The number of fused-ring (bicyclic) bond motifs is 1. The second-order valence-corrected chi connectivity index (χ2v) is 8.29. The van der Waals surface area contributed by atoms with Gasteiger partial charge in [-0.3, -0.25) is 0 Å². The van der Waals surface area contributed by atoms with Crippen molar-refractivity contribution in [1.82, 2.24) is 24.5 Å². The lowest BCUT2D eigenvalue weighted by molar-refractivity contribution is -0.137. The zero-order chi connectivity index (χ0) is 23.9. The Morgan fingerprint density at radius 2 is 2.00 bits per heavy atom. The lowest BCUT2D eigenvalue weighted by atomic mass is 9.95. The molecule has 1 atom stereocenters. The second kappa shape index (κ2) is 8.51. The topological polar surface area (TPSA) is 69.8 Å². The van der Waals surface area contributed by atoms with E-state index in [4.69, 9.17) is 4.74 Å². The summed E-state index contributed by atoms with van der Waals surface area (Å²) >= 11 is 0. The minimum Gasteiger partial charge on any atom is -0.494 e. The van der Waals surface area contributed by atoms with E-state index in [0.717, 1.165) is 41.7 Å². The third kappa shape index (κ3) is 4.11. The number of hydrogen-bond acceptors (Lipinski definition) is 5. The summed E-state index contributed by atoms with van der Waals surface area (Å²) in [6.45, 7) is 1.92. The minimum atomic E-state index is -4.39. The number of nitrogens with one attached hydrogen (secondary N) is 1. The van der Waals surface area contributed by atoms with Crippen LogP contribution in [0.2, 0.25) is 0 Å². The summed E-state index contributed by atoms with van der Waals surface area (Å²) in [4.78, 5) is 4.26. The van der Waals surface area contributed by atoms with Gasteiger partial charge in [0.25, 0.3) is 0 Å². The van der Waals surface area contributed by atoms with E-state index in [1.807, 2.05) is 35.9 Å². The predicted octanol–water partition coefficient (Wildman–Crippen LogP) is 5.47. The highest BCUT2D eigenvalue weighted by molar-refractivity contribution is 5.64. The summed E-state index contributed by atoms with van der Waals surface area (Å²) in [6.07, 6.45) is 1.51. The number of ether oxygens (including phenoxy) is 1. The number of methoxy groups -OCH3 is 1. The standard InChI is InChI=1S/C24H23F3N6O/c1-15-13-32(14-28-15)20-10-9-18(12-22(20)34-2)29-23-21-8-4-7-19(33(21)31-30-23)16-5-3-6-17(11-16)24(25,26)27/h3,5-6,9-14,19,29H,4,7-8H2,1-2H3. The summed E-state index contributed by atoms with van der Waals surface area (Å²) in [5, 5.41) is 11.9. The molecule has 0 saturated heterocycles. The molecule has 0 saturated carbocycles. The number of halogens is 3. The van der Waals surface area contributed by atoms with E-state index in [9.17, 15) is 13.2 Å². The largest absolute Gasteiger partial charge is 0.494 e. The van der Waals surface area contributed by atoms with Crippen molar-refractivity contribution in [3.8, 4) is 11.4 Å². The van der Waals surface area contributed by atoms with Crippen LogP contribution in [0.1, 0.15) is 41.4 Å². The fraction of sp³-hybridized carbons (Fsp3) is 0.292. The predicted molar refractivity (Wildman–Crippen MR) is 121 cm³/mol. The van der Waals surface area contributed by atoms with Crippen molar-refractivity contribution in [2.24, 2.45) is 0 Å². The molecule has 34 heavy (non-hydrogen) atoms. The number of anilines is 2. The Morgan fingerprint density at radius 1 is 1.15 bits per heavy atom. The molecule has 2 aromatic heterocycles. The number of hydrogen-bond donors (Lipinski definition) is 1. The summed E-state index contributed by atoms with van der Waals surface area (Å²) in [5.74, 6) is 1.25. The highest BCUT2D eigenvalue weighted by Crippen LogP contribution is 2.37. The number of benzene rings is 2. The molecule has 0 aliphatic carbocycles. The Hall–Kier alpha value is -3.82. The average Bonchev–Trinajstić information content (AvgIpc) is 3.44. The molecule has 1 aliphatic heterocycles. The maximum absolute atomic E-state index is 13.2. The number of aromatic nitrogens is 5. The quantitative estimate of drug-likeness (QED) is 0.421. The van der Waals surface area contributed by atoms with Gasteiger partial charge in [-0.25, -0.2) is 9.67 Å². The first-order chi connectivity index (χ1) is 16.3. The van der Waals surface area contributed by atoms with Gasteiger partial charge in [0.15, 0.2) is 5.82 Å². The summed E-state index contributed by atoms with van der Waals surface area (Å²) in [5.41, 5.74) is 3.30. The van der Waals surface area contributed by atoms with Gasteiger partial charge in [-0.15, -0.1) is 5.10 Å². The Balaban J connectivity index is 1.43. The number of imidazole rings is 1. The van der Waals surface area contributed by atoms with E-state index >= 15 is 0 Å². The first-order valence-electron chi connectivity index (χ1n) is 10.9. The van der Waals surface area contributed by atoms with Gasteiger partial charge < -0.3 is 14.6 Å². The van der Waals surface area contributed by atoms with Crippen LogP contribution in [0.5, 0.6) is 5.75 Å². The van der Waals surface area contributed by atoms with Crippen molar-refractivity contribution in [2.75, 3.05) is 12.4 Å². The van der Waals surface area contributed by atoms with Crippen LogP contribution in [-0.4, -0.2) is 31.7 Å². The van der Waals surface area contributed by atoms with Crippen LogP contribution in [0.25, 0.3) is 5.69 Å². The molecule has 1 aliphatic rings. The molecule has 4 aromatic rings. The molecule has 0 spiro atoms. The van der Waals surface area contributed by atoms with Gasteiger partial charge in [-0.1, -0.05) is 17.3 Å². The molecule has 0 fully saturated rings. The van der Waals surface area contributed by atoms with Crippen molar-refractivity contribution in [3.63, 3.8) is 0 Å². The highest BCUT2D eigenvalue weighted by Gasteiger charge is 2.32. The molecule has 176 valence electrons. The number of nitrogens with zero attached hydrogens (tertiary/aromatic N) is 5. The van der Waals surface area contributed by atoms with E-state index in [0.29, 0.717) is 23.6 Å². The normalized spacial score (nSPS) is 15.7. The Bertz CT molecular complexity index is 1330. The van der Waals surface area contributed by atoms with Crippen LogP contribution >= 0.6 is 0 Å². The lowest BCUT2D eigenvalue weighted by Gasteiger charge is -2.25. The van der Waals surface area contributed by atoms with Gasteiger partial charge in [0.2, 0.25) is 0 Å². The minimum absolute atomic E-state index is 0.296. The van der Waals surface area contributed by atoms with Crippen molar-refractivity contribution >= 4 is 11.5 Å². The lowest BCUT2D eigenvalue weighted by Crippen LogP contribution is -2.21. The van der Waals surface area contributed by atoms with Crippen molar-refractivity contribution in [2.45, 2.75) is 38.4 Å². The van der Waals surface area contributed by atoms with Crippen LogP contribution in [0, 0.1) is 6.92 Å². The molecular weight excluding hydrogens is 445 g/mol. The highest BCUT2D eigenvalue weighted by atomic mass is 19.4. The number of rotatable bonds is 5. The molecule has 5 rings (SSSR count). The Kier molecular flexibility index (Phi) is 5.51. The molecule has 1 unspecified atom stereocenters. The zero-order valence-corrected chi connectivity index (χ0v) is 18.7. The van der Waals surface area contributed by atoms with E-state index < -0.39 is 11.7 Å². The third-order valence-corrected chi connectivity index (χ3v) is 6.01. The molecule has 3 heterocycles. The van der Waals surface area contributed by atoms with Crippen molar-refractivity contribution < 1.29 is 17.9 Å². The Labute approximate surface area is 194 Å².